The molecule has 0 saturated heterocycles. The minimum Gasteiger partial charge on any atom is -0.481 e. The van der Waals surface area contributed by atoms with E-state index in [0.717, 1.165) is 0 Å². The Hall–Kier alpha value is -2.63. The number of benzene rings is 1. The highest BCUT2D eigenvalue weighted by atomic mass is 16.6. The Morgan fingerprint density at radius 2 is 1.90 bits per heavy atom. The van der Waals surface area contributed by atoms with Crippen molar-refractivity contribution in [2.75, 3.05) is 7.11 Å². The standard InChI is InChI=1S/C13H12N2O4.C2H6/c1-9-7-10(15(16)17)3-5-12(9)19-11-4-6-13(18-2)14-8-11;1-2/h3-8H,1-2H3;1-2H3. The Morgan fingerprint density at radius 3 is 2.38 bits per heavy atom. The van der Waals surface area contributed by atoms with Gasteiger partial charge in [0, 0.05) is 18.2 Å². The molecule has 112 valence electrons. The molecule has 1 heterocycles. The van der Waals surface area contributed by atoms with E-state index in [2.05, 4.69) is 4.98 Å². The number of nitro groups is 1. The second-order valence-electron chi connectivity index (χ2n) is 3.85. The van der Waals surface area contributed by atoms with Crippen LogP contribution in [0.3, 0.4) is 0 Å². The molecule has 0 aliphatic carbocycles. The van der Waals surface area contributed by atoms with Crippen molar-refractivity contribution in [1.29, 1.82) is 0 Å². The van der Waals surface area contributed by atoms with E-state index in [4.69, 9.17) is 9.47 Å². The number of aryl methyl sites for hydroxylation is 1. The molecule has 6 nitrogen and oxygen atoms in total. The predicted molar refractivity (Wildman–Crippen MR) is 80.0 cm³/mol. The summed E-state index contributed by atoms with van der Waals surface area (Å²) in [5.41, 5.74) is 0.725. The van der Waals surface area contributed by atoms with Crippen molar-refractivity contribution in [2.24, 2.45) is 0 Å². The zero-order valence-electron chi connectivity index (χ0n) is 12.5. The highest BCUT2D eigenvalue weighted by molar-refractivity contribution is 5.44. The Labute approximate surface area is 123 Å². The van der Waals surface area contributed by atoms with E-state index in [1.807, 2.05) is 13.8 Å². The van der Waals surface area contributed by atoms with Crippen LogP contribution in [0.25, 0.3) is 0 Å². The summed E-state index contributed by atoms with van der Waals surface area (Å²) in [7, 11) is 1.53. The topological polar surface area (TPSA) is 74.5 Å². The number of pyridine rings is 1. The van der Waals surface area contributed by atoms with E-state index >= 15 is 0 Å². The van der Waals surface area contributed by atoms with Crippen LogP contribution in [0.1, 0.15) is 19.4 Å². The molecule has 0 spiro atoms. The van der Waals surface area contributed by atoms with Gasteiger partial charge in [0.2, 0.25) is 5.88 Å². The van der Waals surface area contributed by atoms with Gasteiger partial charge in [-0.05, 0) is 24.6 Å². The zero-order chi connectivity index (χ0) is 15.8. The lowest BCUT2D eigenvalue weighted by Gasteiger charge is -2.08. The summed E-state index contributed by atoms with van der Waals surface area (Å²) < 4.78 is 10.5. The number of hydrogen-bond donors (Lipinski definition) is 0. The van der Waals surface area contributed by atoms with Crippen molar-refractivity contribution in [3.8, 4) is 17.4 Å². The van der Waals surface area contributed by atoms with Gasteiger partial charge >= 0.3 is 0 Å². The summed E-state index contributed by atoms with van der Waals surface area (Å²) in [4.78, 5) is 14.2. The fourth-order valence-electron chi connectivity index (χ4n) is 1.54. The van der Waals surface area contributed by atoms with Gasteiger partial charge in [-0.15, -0.1) is 0 Å². The zero-order valence-corrected chi connectivity index (χ0v) is 12.5. The molecule has 0 N–H and O–H groups in total. The third kappa shape index (κ3) is 4.45. The maximum atomic E-state index is 10.6. The Kier molecular flexibility index (Phi) is 6.13. The Morgan fingerprint density at radius 1 is 1.19 bits per heavy atom. The van der Waals surface area contributed by atoms with E-state index in [1.165, 1.54) is 25.4 Å². The lowest BCUT2D eigenvalue weighted by molar-refractivity contribution is -0.384. The number of non-ortho nitro benzene ring substituents is 1. The predicted octanol–water partition coefficient (Wildman–Crippen LogP) is 4.13. The molecule has 2 rings (SSSR count). The lowest BCUT2D eigenvalue weighted by atomic mass is 10.2. The van der Waals surface area contributed by atoms with E-state index < -0.39 is 4.92 Å². The highest BCUT2D eigenvalue weighted by Gasteiger charge is 2.09. The molecule has 0 bridgehead atoms. The molecular weight excluding hydrogens is 272 g/mol. The second kappa shape index (κ2) is 7.84. The number of hydrogen-bond acceptors (Lipinski definition) is 5. The number of nitro benzene ring substituents is 1. The second-order valence-corrected chi connectivity index (χ2v) is 3.85. The van der Waals surface area contributed by atoms with Crippen LogP contribution >= 0.6 is 0 Å². The number of rotatable bonds is 4. The van der Waals surface area contributed by atoms with Crippen molar-refractivity contribution in [3.05, 3.63) is 52.2 Å². The number of aromatic nitrogens is 1. The minimum absolute atomic E-state index is 0.0395. The van der Waals surface area contributed by atoms with Crippen LogP contribution in [0.15, 0.2) is 36.5 Å². The van der Waals surface area contributed by atoms with Crippen molar-refractivity contribution in [2.45, 2.75) is 20.8 Å². The normalized spacial score (nSPS) is 9.33. The third-order valence-corrected chi connectivity index (χ3v) is 2.52. The van der Waals surface area contributed by atoms with Gasteiger partial charge in [0.05, 0.1) is 18.2 Å². The summed E-state index contributed by atoms with van der Waals surface area (Å²) >= 11 is 0. The van der Waals surface area contributed by atoms with Crippen LogP contribution < -0.4 is 9.47 Å². The van der Waals surface area contributed by atoms with Crippen LogP contribution in [0.5, 0.6) is 17.4 Å². The monoisotopic (exact) mass is 290 g/mol. The molecule has 0 aliphatic rings. The van der Waals surface area contributed by atoms with Crippen LogP contribution in [-0.2, 0) is 0 Å². The Bertz CT molecular complexity index is 597. The van der Waals surface area contributed by atoms with Gasteiger partial charge in [0.15, 0.2) is 0 Å². The van der Waals surface area contributed by atoms with Gasteiger partial charge in [-0.3, -0.25) is 10.1 Å². The first-order valence-electron chi connectivity index (χ1n) is 6.53. The molecule has 21 heavy (non-hydrogen) atoms. The van der Waals surface area contributed by atoms with Gasteiger partial charge < -0.3 is 9.47 Å². The quantitative estimate of drug-likeness (QED) is 0.625. The van der Waals surface area contributed by atoms with Crippen LogP contribution in [0.2, 0.25) is 0 Å². The maximum Gasteiger partial charge on any atom is 0.269 e. The molecule has 0 fully saturated rings. The van der Waals surface area contributed by atoms with E-state index in [-0.39, 0.29) is 5.69 Å². The third-order valence-electron chi connectivity index (χ3n) is 2.52. The molecule has 1 aromatic heterocycles. The van der Waals surface area contributed by atoms with Gasteiger partial charge in [-0.2, -0.15) is 0 Å². The molecule has 1 aromatic carbocycles. The number of ether oxygens (including phenoxy) is 2. The fourth-order valence-corrected chi connectivity index (χ4v) is 1.54. The molecular formula is C15H18N2O4. The van der Waals surface area contributed by atoms with Crippen molar-refractivity contribution in [1.82, 2.24) is 4.98 Å². The largest absolute Gasteiger partial charge is 0.481 e. The molecule has 0 atom stereocenters. The first-order valence-corrected chi connectivity index (χ1v) is 6.53. The maximum absolute atomic E-state index is 10.6. The minimum atomic E-state index is -0.439. The lowest BCUT2D eigenvalue weighted by Crippen LogP contribution is -1.93. The average Bonchev–Trinajstić information content (AvgIpc) is 2.52. The summed E-state index contributed by atoms with van der Waals surface area (Å²) in [5, 5.41) is 10.6. The van der Waals surface area contributed by atoms with E-state index in [9.17, 15) is 10.1 Å². The van der Waals surface area contributed by atoms with Gasteiger partial charge in [0.1, 0.15) is 11.5 Å². The molecule has 2 aromatic rings. The fraction of sp³-hybridized carbons (Fsp3) is 0.267. The molecule has 0 aliphatic heterocycles. The van der Waals surface area contributed by atoms with Crippen LogP contribution in [-0.4, -0.2) is 17.0 Å². The molecule has 0 saturated carbocycles. The average molecular weight is 290 g/mol. The summed E-state index contributed by atoms with van der Waals surface area (Å²) in [5.74, 6) is 1.59. The van der Waals surface area contributed by atoms with Crippen molar-refractivity contribution < 1.29 is 14.4 Å². The van der Waals surface area contributed by atoms with Gasteiger partial charge in [-0.25, -0.2) is 4.98 Å². The van der Waals surface area contributed by atoms with E-state index in [0.29, 0.717) is 22.9 Å². The molecule has 0 radical (unpaired) electrons. The first kappa shape index (κ1) is 16.4. The highest BCUT2D eigenvalue weighted by Crippen LogP contribution is 2.28. The van der Waals surface area contributed by atoms with Gasteiger partial charge in [0.25, 0.3) is 5.69 Å². The van der Waals surface area contributed by atoms with Gasteiger partial charge in [-0.1, -0.05) is 13.8 Å². The molecule has 0 unspecified atom stereocenters. The van der Waals surface area contributed by atoms with Crippen molar-refractivity contribution >= 4 is 5.69 Å². The number of nitrogens with zero attached hydrogens (tertiary/aromatic N) is 2. The van der Waals surface area contributed by atoms with Crippen molar-refractivity contribution in [3.63, 3.8) is 0 Å². The Balaban J connectivity index is 0.00000106. The molecule has 0 amide bonds. The number of methoxy groups -OCH3 is 1. The SMILES string of the molecule is CC.COc1ccc(Oc2ccc([N+](=O)[O-])cc2C)cn1. The van der Waals surface area contributed by atoms with E-state index in [1.54, 1.807) is 25.1 Å². The summed E-state index contributed by atoms with van der Waals surface area (Å²) in [6, 6.07) is 7.83. The first-order chi connectivity index (χ1) is 10.1. The van der Waals surface area contributed by atoms with Crippen LogP contribution in [0.4, 0.5) is 5.69 Å². The van der Waals surface area contributed by atoms with Crippen LogP contribution in [0, 0.1) is 17.0 Å². The summed E-state index contributed by atoms with van der Waals surface area (Å²) in [6.45, 7) is 5.75. The molecule has 6 heteroatoms. The smallest absolute Gasteiger partial charge is 0.269 e. The summed E-state index contributed by atoms with van der Waals surface area (Å²) in [6.07, 6.45) is 1.53.